The monoisotopic (exact) mass is 445 g/mol. The van der Waals surface area contributed by atoms with Crippen molar-refractivity contribution in [2.75, 3.05) is 0 Å². The molecule has 21 heavy (non-hydrogen) atoms. The molecule has 1 rings (SSSR count). The van der Waals surface area contributed by atoms with E-state index in [1.807, 2.05) is 6.08 Å². The summed E-state index contributed by atoms with van der Waals surface area (Å²) < 4.78 is 47.7. The van der Waals surface area contributed by atoms with E-state index >= 15 is 0 Å². The van der Waals surface area contributed by atoms with Crippen molar-refractivity contribution < 1.29 is 33.0 Å². The van der Waals surface area contributed by atoms with Crippen LogP contribution in [-0.2, 0) is 26.0 Å². The quantitative estimate of drug-likeness (QED) is 0.525. The third-order valence-corrected chi connectivity index (χ3v) is 34.5. The molecule has 0 radical (unpaired) electrons. The molecule has 123 valence electrons. The summed E-state index contributed by atoms with van der Waals surface area (Å²) in [6, 6.07) is 0. The Kier molecular flexibility index (Phi) is 7.01. The summed E-state index contributed by atoms with van der Waals surface area (Å²) in [6.07, 6.45) is 4.79. The fourth-order valence-electron chi connectivity index (χ4n) is 2.73. The Labute approximate surface area is 132 Å². The van der Waals surface area contributed by atoms with Gasteiger partial charge in [-0.3, -0.25) is 0 Å². The van der Waals surface area contributed by atoms with Gasteiger partial charge in [-0.15, -0.1) is 0 Å². The molecule has 0 heterocycles. The van der Waals surface area contributed by atoms with Crippen LogP contribution in [0.1, 0.15) is 48.0 Å². The fraction of sp³-hybridized carbons (Fsp3) is 0.714. The van der Waals surface area contributed by atoms with E-state index in [-0.39, 0.29) is 18.3 Å². The molecule has 0 aromatic carbocycles. The third kappa shape index (κ3) is 4.14. The van der Waals surface area contributed by atoms with Gasteiger partial charge in [0, 0.05) is 0 Å². The fourth-order valence-corrected chi connectivity index (χ4v) is 34.6. The summed E-state index contributed by atoms with van der Waals surface area (Å²) in [6.45, 7) is 10.6. The van der Waals surface area contributed by atoms with Crippen LogP contribution in [0, 0.1) is 0 Å². The van der Waals surface area contributed by atoms with Crippen LogP contribution >= 0.6 is 0 Å². The summed E-state index contributed by atoms with van der Waals surface area (Å²) in [5, 5.41) is 0. The van der Waals surface area contributed by atoms with Gasteiger partial charge in [-0.25, -0.2) is 0 Å². The van der Waals surface area contributed by atoms with Crippen LogP contribution in [0.5, 0.6) is 0 Å². The third-order valence-electron chi connectivity index (χ3n) is 3.10. The molecular weight excluding hydrogens is 418 g/mol. The molecular formula is C14H27F2GeO3Zr. The summed E-state index contributed by atoms with van der Waals surface area (Å²) in [4.78, 5) is 0. The van der Waals surface area contributed by atoms with Crippen LogP contribution in [-0.4, -0.2) is 29.8 Å². The Bertz CT molecular complexity index is 393. The van der Waals surface area contributed by atoms with Crippen LogP contribution in [0.4, 0.5) is 7.00 Å². The van der Waals surface area contributed by atoms with Gasteiger partial charge in [-0.05, 0) is 0 Å². The molecule has 0 saturated carbocycles. The molecule has 0 fully saturated rings. The Morgan fingerprint density at radius 3 is 1.62 bits per heavy atom. The van der Waals surface area contributed by atoms with Gasteiger partial charge < -0.3 is 0 Å². The van der Waals surface area contributed by atoms with Gasteiger partial charge in [0.25, 0.3) is 0 Å². The number of hydrogen-bond donors (Lipinski definition) is 0. The molecule has 7 heteroatoms. The molecule has 0 atom stereocenters. The standard InChI is InChI=1S/C5H5.3C3H7O.F2GeH.Zr/c1-2-4-5-3-1;3*1-3(2)4;1-3-2;/h1-3H,4H2;3*3H,1-2H3;3H;/q;3*-1;;+3. The molecule has 0 bridgehead atoms. The average molecular weight is 445 g/mol. The summed E-state index contributed by atoms with van der Waals surface area (Å²) in [7, 11) is 0. The summed E-state index contributed by atoms with van der Waals surface area (Å²) >= 11 is -10.5. The first-order valence-corrected chi connectivity index (χ1v) is 22.1. The van der Waals surface area contributed by atoms with Crippen molar-refractivity contribution in [2.45, 2.75) is 66.3 Å². The maximum atomic E-state index is 14.6. The molecule has 0 spiro atoms. The number of halogens is 2. The van der Waals surface area contributed by atoms with E-state index in [2.05, 4.69) is 0 Å². The van der Waals surface area contributed by atoms with Crippen LogP contribution in [0.3, 0.4) is 0 Å². The zero-order chi connectivity index (χ0) is 16.3. The molecule has 0 aromatic heterocycles. The van der Waals surface area contributed by atoms with Gasteiger partial charge in [-0.1, -0.05) is 0 Å². The molecule has 0 unspecified atom stereocenters. The maximum absolute atomic E-state index is 14.6. The number of allylic oxidation sites excluding steroid dienone is 4. The average Bonchev–Trinajstić information content (AvgIpc) is 2.79. The van der Waals surface area contributed by atoms with E-state index in [4.69, 9.17) is 8.44 Å². The first-order valence-electron chi connectivity index (χ1n) is 7.48. The topological polar surface area (TPSA) is 27.7 Å². The number of rotatable bonds is 8. The van der Waals surface area contributed by atoms with Gasteiger partial charge in [-0.2, -0.15) is 0 Å². The SMILES string of the molecule is CC(C)[O][Zr]([O]C(C)C)([O]C(C)C)([C]1=CC=CC1)[GeH]([F])[F]. The molecule has 0 aliphatic heterocycles. The minimum absolute atomic E-state index is 0.353. The first kappa shape index (κ1) is 19.7. The minimum atomic E-state index is -5.64. The molecule has 0 saturated heterocycles. The zero-order valence-electron chi connectivity index (χ0n) is 13.7. The summed E-state index contributed by atoms with van der Waals surface area (Å²) in [5.74, 6) is 0. The first-order chi connectivity index (χ1) is 9.63. The Hall–Kier alpha value is 0.646. The molecule has 1 aliphatic carbocycles. The second-order valence-electron chi connectivity index (χ2n) is 6.18. The van der Waals surface area contributed by atoms with Crippen molar-refractivity contribution in [3.05, 3.63) is 21.5 Å². The predicted octanol–water partition coefficient (Wildman–Crippen LogP) is 4.20. The van der Waals surface area contributed by atoms with Crippen LogP contribution in [0.15, 0.2) is 21.5 Å². The van der Waals surface area contributed by atoms with Crippen LogP contribution in [0.2, 0.25) is 0 Å². The van der Waals surface area contributed by atoms with Crippen molar-refractivity contribution in [3.63, 3.8) is 0 Å². The molecule has 1 aliphatic rings. The number of hydrogen-bond acceptors (Lipinski definition) is 3. The Morgan fingerprint density at radius 2 is 1.38 bits per heavy atom. The van der Waals surface area contributed by atoms with Gasteiger partial charge in [0.15, 0.2) is 0 Å². The van der Waals surface area contributed by atoms with Gasteiger partial charge in [0.2, 0.25) is 0 Å². The Balaban J connectivity index is 3.50. The van der Waals surface area contributed by atoms with E-state index in [1.165, 1.54) is 0 Å². The van der Waals surface area contributed by atoms with E-state index in [0.717, 1.165) is 0 Å². The van der Waals surface area contributed by atoms with Crippen molar-refractivity contribution in [2.24, 2.45) is 0 Å². The van der Waals surface area contributed by atoms with E-state index in [0.29, 0.717) is 9.70 Å². The summed E-state index contributed by atoms with van der Waals surface area (Å²) in [5.41, 5.74) is 0. The van der Waals surface area contributed by atoms with E-state index in [1.54, 1.807) is 53.7 Å². The van der Waals surface area contributed by atoms with Crippen molar-refractivity contribution in [1.29, 1.82) is 0 Å². The van der Waals surface area contributed by atoms with Crippen molar-refractivity contribution >= 4 is 11.5 Å². The molecule has 0 amide bonds. The Morgan fingerprint density at radius 1 is 0.952 bits per heavy atom. The molecule has 0 aromatic rings. The normalized spacial score (nSPS) is 17.9. The second kappa shape index (κ2) is 7.48. The van der Waals surface area contributed by atoms with Crippen LogP contribution in [0.25, 0.3) is 0 Å². The molecule has 0 N–H and O–H groups in total. The van der Waals surface area contributed by atoms with Crippen molar-refractivity contribution in [3.8, 4) is 0 Å². The van der Waals surface area contributed by atoms with E-state index < -0.39 is 29.1 Å². The van der Waals surface area contributed by atoms with Gasteiger partial charge in [0.05, 0.1) is 0 Å². The van der Waals surface area contributed by atoms with Gasteiger partial charge >= 0.3 is 132 Å². The van der Waals surface area contributed by atoms with Crippen LogP contribution < -0.4 is 0 Å². The van der Waals surface area contributed by atoms with Gasteiger partial charge in [0.1, 0.15) is 0 Å². The van der Waals surface area contributed by atoms with Crippen molar-refractivity contribution in [1.82, 2.24) is 0 Å². The predicted molar refractivity (Wildman–Crippen MR) is 79.9 cm³/mol. The zero-order valence-corrected chi connectivity index (χ0v) is 18.6. The van der Waals surface area contributed by atoms with E-state index in [9.17, 15) is 7.00 Å². The molecule has 3 nitrogen and oxygen atoms in total. The second-order valence-corrected chi connectivity index (χ2v) is 33.9.